The van der Waals surface area contributed by atoms with Gasteiger partial charge in [0.25, 0.3) is 10.0 Å². The van der Waals surface area contributed by atoms with Crippen molar-refractivity contribution in [1.29, 1.82) is 0 Å². The second-order valence-corrected chi connectivity index (χ2v) is 8.18. The highest BCUT2D eigenvalue weighted by atomic mass is 35.5. The van der Waals surface area contributed by atoms with E-state index in [2.05, 4.69) is 19.1 Å². The molecule has 0 bridgehead atoms. The maximum Gasteiger partial charge on any atom is 0.264 e. The molecule has 7 nitrogen and oxygen atoms in total. The van der Waals surface area contributed by atoms with Gasteiger partial charge in [0, 0.05) is 22.8 Å². The minimum Gasteiger partial charge on any atom is -0.481 e. The fourth-order valence-corrected chi connectivity index (χ4v) is 4.53. The van der Waals surface area contributed by atoms with E-state index in [1.165, 1.54) is 6.07 Å². The van der Waals surface area contributed by atoms with Crippen LogP contribution in [0.5, 0.6) is 5.75 Å². The fourth-order valence-electron chi connectivity index (χ4n) is 2.16. The SMILES string of the molecule is Cc1c(Cl)cccc1S(=O)(=O)Nc1nc(C(C)Oc2cccnc2)ns1. The maximum atomic E-state index is 12.6. The Morgan fingerprint density at radius 1 is 1.27 bits per heavy atom. The summed E-state index contributed by atoms with van der Waals surface area (Å²) in [6.07, 6.45) is 2.76. The second kappa shape index (κ2) is 7.56. The van der Waals surface area contributed by atoms with Crippen LogP contribution in [0.2, 0.25) is 5.02 Å². The lowest BCUT2D eigenvalue weighted by molar-refractivity contribution is 0.217. The number of anilines is 1. The summed E-state index contributed by atoms with van der Waals surface area (Å²) in [6, 6.07) is 8.22. The van der Waals surface area contributed by atoms with E-state index in [0.29, 0.717) is 22.2 Å². The molecule has 0 aliphatic rings. The van der Waals surface area contributed by atoms with Crippen molar-refractivity contribution in [2.24, 2.45) is 0 Å². The molecule has 0 saturated carbocycles. The first-order valence-electron chi connectivity index (χ1n) is 7.55. The van der Waals surface area contributed by atoms with Gasteiger partial charge in [-0.15, -0.1) is 0 Å². The molecule has 26 heavy (non-hydrogen) atoms. The highest BCUT2D eigenvalue weighted by Gasteiger charge is 2.21. The Morgan fingerprint density at radius 2 is 2.08 bits per heavy atom. The minimum absolute atomic E-state index is 0.0985. The number of sulfonamides is 1. The third-order valence-electron chi connectivity index (χ3n) is 3.48. The van der Waals surface area contributed by atoms with Crippen molar-refractivity contribution in [3.8, 4) is 5.75 Å². The van der Waals surface area contributed by atoms with Gasteiger partial charge in [-0.3, -0.25) is 9.71 Å². The number of aromatic nitrogens is 3. The van der Waals surface area contributed by atoms with Gasteiger partial charge in [0.05, 0.1) is 11.1 Å². The Bertz CT molecular complexity index is 1010. The van der Waals surface area contributed by atoms with E-state index in [9.17, 15) is 8.42 Å². The first-order valence-corrected chi connectivity index (χ1v) is 10.2. The van der Waals surface area contributed by atoms with Crippen molar-refractivity contribution in [3.63, 3.8) is 0 Å². The number of nitrogens with zero attached hydrogens (tertiary/aromatic N) is 3. The van der Waals surface area contributed by atoms with Gasteiger partial charge in [-0.25, -0.2) is 8.42 Å². The maximum absolute atomic E-state index is 12.6. The van der Waals surface area contributed by atoms with Gasteiger partial charge in [-0.2, -0.15) is 9.36 Å². The number of hydrogen-bond donors (Lipinski definition) is 1. The Balaban J connectivity index is 1.76. The van der Waals surface area contributed by atoms with Crippen LogP contribution in [0.25, 0.3) is 0 Å². The zero-order valence-electron chi connectivity index (χ0n) is 13.9. The molecule has 2 aromatic heterocycles. The Hall–Kier alpha value is -2.23. The summed E-state index contributed by atoms with van der Waals surface area (Å²) in [4.78, 5) is 8.27. The van der Waals surface area contributed by atoms with Gasteiger partial charge < -0.3 is 4.74 Å². The van der Waals surface area contributed by atoms with E-state index in [1.807, 2.05) is 0 Å². The van der Waals surface area contributed by atoms with Gasteiger partial charge in [-0.05, 0) is 43.7 Å². The van der Waals surface area contributed by atoms with E-state index < -0.39 is 16.1 Å². The molecule has 1 N–H and O–H groups in total. The Kier molecular flexibility index (Phi) is 5.40. The normalized spacial score (nSPS) is 12.6. The molecule has 0 spiro atoms. The monoisotopic (exact) mass is 410 g/mol. The number of pyridine rings is 1. The quantitative estimate of drug-likeness (QED) is 0.663. The van der Waals surface area contributed by atoms with Gasteiger partial charge in [-0.1, -0.05) is 17.7 Å². The van der Waals surface area contributed by atoms with Crippen LogP contribution in [-0.4, -0.2) is 22.8 Å². The standard InChI is InChI=1S/C16H15ClN4O3S2/c1-10-13(17)6-3-7-14(10)26(22,23)21-16-19-15(20-25-16)11(2)24-12-5-4-8-18-9-12/h3-9,11H,1-2H3,(H,19,20,21). The molecule has 1 aromatic carbocycles. The number of halogens is 1. The van der Waals surface area contributed by atoms with Crippen LogP contribution in [0.15, 0.2) is 47.6 Å². The third-order valence-corrected chi connectivity index (χ3v) is 6.15. The largest absolute Gasteiger partial charge is 0.481 e. The van der Waals surface area contributed by atoms with Crippen LogP contribution in [0.3, 0.4) is 0 Å². The summed E-state index contributed by atoms with van der Waals surface area (Å²) in [6.45, 7) is 3.42. The van der Waals surface area contributed by atoms with E-state index in [-0.39, 0.29) is 10.0 Å². The van der Waals surface area contributed by atoms with Crippen LogP contribution in [-0.2, 0) is 10.0 Å². The zero-order chi connectivity index (χ0) is 18.7. The van der Waals surface area contributed by atoms with Crippen LogP contribution in [0.4, 0.5) is 5.13 Å². The summed E-state index contributed by atoms with van der Waals surface area (Å²) >= 11 is 6.95. The number of hydrogen-bond acceptors (Lipinski definition) is 7. The lowest BCUT2D eigenvalue weighted by Gasteiger charge is -2.11. The molecule has 0 amide bonds. The molecule has 136 valence electrons. The van der Waals surface area contributed by atoms with E-state index in [0.717, 1.165) is 11.5 Å². The van der Waals surface area contributed by atoms with Crippen molar-refractivity contribution in [2.75, 3.05) is 4.72 Å². The minimum atomic E-state index is -3.82. The Morgan fingerprint density at radius 3 is 2.81 bits per heavy atom. The van der Waals surface area contributed by atoms with Crippen LogP contribution in [0, 0.1) is 6.92 Å². The average molecular weight is 411 g/mol. The molecule has 0 saturated heterocycles. The molecular weight excluding hydrogens is 396 g/mol. The molecule has 0 fully saturated rings. The molecule has 0 aliphatic carbocycles. The molecule has 0 aliphatic heterocycles. The molecule has 10 heteroatoms. The van der Waals surface area contributed by atoms with Gasteiger partial charge >= 0.3 is 0 Å². The van der Waals surface area contributed by atoms with Gasteiger partial charge in [0.1, 0.15) is 5.75 Å². The van der Waals surface area contributed by atoms with E-state index >= 15 is 0 Å². The third kappa shape index (κ3) is 4.12. The number of ether oxygens (including phenoxy) is 1. The smallest absolute Gasteiger partial charge is 0.264 e. The topological polar surface area (TPSA) is 94.1 Å². The number of rotatable bonds is 6. The molecular formula is C16H15ClN4O3S2. The predicted molar refractivity (Wildman–Crippen MR) is 100 cm³/mol. The van der Waals surface area contributed by atoms with Crippen LogP contribution in [0.1, 0.15) is 24.4 Å². The first-order chi connectivity index (χ1) is 12.4. The van der Waals surface area contributed by atoms with Crippen molar-refractivity contribution in [1.82, 2.24) is 14.3 Å². The lowest BCUT2D eigenvalue weighted by Crippen LogP contribution is -2.14. The van der Waals surface area contributed by atoms with Crippen LogP contribution >= 0.6 is 23.1 Å². The Labute approximate surface area is 160 Å². The molecule has 1 unspecified atom stereocenters. The van der Waals surface area contributed by atoms with E-state index in [1.54, 1.807) is 50.5 Å². The zero-order valence-corrected chi connectivity index (χ0v) is 16.3. The molecule has 1 atom stereocenters. The molecule has 3 aromatic rings. The molecule has 0 radical (unpaired) electrons. The highest BCUT2D eigenvalue weighted by molar-refractivity contribution is 7.93. The number of nitrogens with one attached hydrogen (secondary N) is 1. The fraction of sp³-hybridized carbons (Fsp3) is 0.188. The van der Waals surface area contributed by atoms with Gasteiger partial charge in [0.2, 0.25) is 5.13 Å². The average Bonchev–Trinajstić information content (AvgIpc) is 3.06. The summed E-state index contributed by atoms with van der Waals surface area (Å²) < 4.78 is 37.4. The number of benzene rings is 1. The van der Waals surface area contributed by atoms with Gasteiger partial charge in [0.15, 0.2) is 11.9 Å². The molecule has 2 heterocycles. The summed E-state index contributed by atoms with van der Waals surface area (Å²) in [7, 11) is -3.82. The summed E-state index contributed by atoms with van der Waals surface area (Å²) in [5.41, 5.74) is 0.472. The highest BCUT2D eigenvalue weighted by Crippen LogP contribution is 2.27. The summed E-state index contributed by atoms with van der Waals surface area (Å²) in [5, 5.41) is 0.533. The van der Waals surface area contributed by atoms with Crippen molar-refractivity contribution < 1.29 is 13.2 Å². The van der Waals surface area contributed by atoms with E-state index in [4.69, 9.17) is 16.3 Å². The first kappa shape index (κ1) is 18.6. The van der Waals surface area contributed by atoms with Crippen LogP contribution < -0.4 is 9.46 Å². The summed E-state index contributed by atoms with van der Waals surface area (Å²) in [5.74, 6) is 0.950. The second-order valence-electron chi connectivity index (χ2n) is 5.38. The van der Waals surface area contributed by atoms with Crippen molar-refractivity contribution in [2.45, 2.75) is 24.8 Å². The molecule has 3 rings (SSSR count). The van der Waals surface area contributed by atoms with Crippen molar-refractivity contribution >= 4 is 38.3 Å². The van der Waals surface area contributed by atoms with Crippen molar-refractivity contribution in [3.05, 3.63) is 59.1 Å². The lowest BCUT2D eigenvalue weighted by atomic mass is 10.2. The predicted octanol–water partition coefficient (Wildman–Crippen LogP) is 3.84.